The summed E-state index contributed by atoms with van der Waals surface area (Å²) in [5.41, 5.74) is 10.8. The van der Waals surface area contributed by atoms with E-state index >= 15 is 0 Å². The van der Waals surface area contributed by atoms with Gasteiger partial charge in [0.15, 0.2) is 0 Å². The minimum absolute atomic E-state index is 0.553. The molecular weight excluding hydrogens is 138 g/mol. The SMILES string of the molecule is C[C@H](CCN)NCCCCN. The van der Waals surface area contributed by atoms with Gasteiger partial charge in [0.25, 0.3) is 0 Å². The predicted molar refractivity (Wildman–Crippen MR) is 49.4 cm³/mol. The molecule has 3 heteroatoms. The van der Waals surface area contributed by atoms with Crippen LogP contribution >= 0.6 is 0 Å². The maximum absolute atomic E-state index is 5.40. The zero-order valence-electron chi connectivity index (χ0n) is 7.47. The summed E-state index contributed by atoms with van der Waals surface area (Å²) in [5, 5.41) is 3.38. The molecule has 0 heterocycles. The molecular formula is C8H21N3. The first-order chi connectivity index (χ1) is 5.31. The summed E-state index contributed by atoms with van der Waals surface area (Å²) in [6, 6.07) is 0.553. The summed E-state index contributed by atoms with van der Waals surface area (Å²) < 4.78 is 0. The minimum atomic E-state index is 0.553. The van der Waals surface area contributed by atoms with Crippen molar-refractivity contribution < 1.29 is 0 Å². The first-order valence-corrected chi connectivity index (χ1v) is 4.44. The smallest absolute Gasteiger partial charge is 0.00507 e. The monoisotopic (exact) mass is 159 g/mol. The maximum atomic E-state index is 5.40. The molecule has 0 spiro atoms. The van der Waals surface area contributed by atoms with E-state index in [0.717, 1.165) is 32.5 Å². The lowest BCUT2D eigenvalue weighted by Gasteiger charge is -2.11. The largest absolute Gasteiger partial charge is 0.330 e. The van der Waals surface area contributed by atoms with Crippen LogP contribution in [0.2, 0.25) is 0 Å². The van der Waals surface area contributed by atoms with Gasteiger partial charge in [-0.2, -0.15) is 0 Å². The zero-order chi connectivity index (χ0) is 8.53. The van der Waals surface area contributed by atoms with Crippen LogP contribution in [0.4, 0.5) is 0 Å². The first-order valence-electron chi connectivity index (χ1n) is 4.44. The lowest BCUT2D eigenvalue weighted by Crippen LogP contribution is -2.29. The van der Waals surface area contributed by atoms with Crippen molar-refractivity contribution >= 4 is 0 Å². The van der Waals surface area contributed by atoms with Crippen LogP contribution in [0.1, 0.15) is 26.2 Å². The van der Waals surface area contributed by atoms with Crippen LogP contribution in [-0.2, 0) is 0 Å². The molecule has 0 aliphatic carbocycles. The van der Waals surface area contributed by atoms with Crippen molar-refractivity contribution in [2.45, 2.75) is 32.2 Å². The third-order valence-electron chi connectivity index (χ3n) is 1.72. The van der Waals surface area contributed by atoms with E-state index < -0.39 is 0 Å². The standard InChI is InChI=1S/C8H21N3/c1-8(4-6-10)11-7-3-2-5-9/h8,11H,2-7,9-10H2,1H3/t8-/m1/s1. The van der Waals surface area contributed by atoms with E-state index in [1.54, 1.807) is 0 Å². The van der Waals surface area contributed by atoms with Gasteiger partial charge in [0.05, 0.1) is 0 Å². The second-order valence-electron chi connectivity index (χ2n) is 2.93. The molecule has 0 aromatic rings. The molecule has 0 bridgehead atoms. The fraction of sp³-hybridized carbons (Fsp3) is 1.00. The molecule has 0 fully saturated rings. The molecule has 0 aromatic heterocycles. The predicted octanol–water partition coefficient (Wildman–Crippen LogP) is 0.0522. The molecule has 5 N–H and O–H groups in total. The average Bonchev–Trinajstić information content (AvgIpc) is 1.99. The molecule has 0 saturated carbocycles. The summed E-state index contributed by atoms with van der Waals surface area (Å²) >= 11 is 0. The van der Waals surface area contributed by atoms with Crippen molar-refractivity contribution in [2.75, 3.05) is 19.6 Å². The lowest BCUT2D eigenvalue weighted by atomic mass is 10.2. The first kappa shape index (κ1) is 10.9. The van der Waals surface area contributed by atoms with Crippen LogP contribution in [-0.4, -0.2) is 25.7 Å². The normalized spacial score (nSPS) is 13.4. The molecule has 0 aliphatic heterocycles. The van der Waals surface area contributed by atoms with Gasteiger partial charge in [0.2, 0.25) is 0 Å². The van der Waals surface area contributed by atoms with Crippen LogP contribution in [0.25, 0.3) is 0 Å². The molecule has 0 unspecified atom stereocenters. The molecule has 0 aromatic carbocycles. The highest BCUT2D eigenvalue weighted by Gasteiger charge is 1.97. The van der Waals surface area contributed by atoms with Gasteiger partial charge in [0.1, 0.15) is 0 Å². The van der Waals surface area contributed by atoms with Gasteiger partial charge in [0, 0.05) is 6.04 Å². The van der Waals surface area contributed by atoms with Gasteiger partial charge in [-0.25, -0.2) is 0 Å². The van der Waals surface area contributed by atoms with Gasteiger partial charge in [-0.05, 0) is 45.8 Å². The summed E-state index contributed by atoms with van der Waals surface area (Å²) in [6.07, 6.45) is 3.34. The Bertz CT molecular complexity index is 75.7. The van der Waals surface area contributed by atoms with E-state index in [1.807, 2.05) is 0 Å². The zero-order valence-corrected chi connectivity index (χ0v) is 7.47. The Kier molecular flexibility index (Phi) is 7.89. The number of nitrogens with two attached hydrogens (primary N) is 2. The average molecular weight is 159 g/mol. The number of hydrogen-bond acceptors (Lipinski definition) is 3. The summed E-state index contributed by atoms with van der Waals surface area (Å²) in [7, 11) is 0. The van der Waals surface area contributed by atoms with E-state index in [-0.39, 0.29) is 0 Å². The topological polar surface area (TPSA) is 64.1 Å². The van der Waals surface area contributed by atoms with Crippen molar-refractivity contribution in [1.29, 1.82) is 0 Å². The fourth-order valence-electron chi connectivity index (χ4n) is 0.970. The van der Waals surface area contributed by atoms with Gasteiger partial charge in [-0.1, -0.05) is 0 Å². The Morgan fingerprint density at radius 1 is 1.18 bits per heavy atom. The second kappa shape index (κ2) is 7.98. The Morgan fingerprint density at radius 2 is 1.91 bits per heavy atom. The Morgan fingerprint density at radius 3 is 2.45 bits per heavy atom. The van der Waals surface area contributed by atoms with E-state index in [9.17, 15) is 0 Å². The molecule has 1 atom stereocenters. The van der Waals surface area contributed by atoms with Gasteiger partial charge in [-0.15, -0.1) is 0 Å². The fourth-order valence-corrected chi connectivity index (χ4v) is 0.970. The molecule has 11 heavy (non-hydrogen) atoms. The minimum Gasteiger partial charge on any atom is -0.330 e. The molecule has 0 amide bonds. The van der Waals surface area contributed by atoms with E-state index in [4.69, 9.17) is 11.5 Å². The van der Waals surface area contributed by atoms with Crippen LogP contribution in [0.15, 0.2) is 0 Å². The maximum Gasteiger partial charge on any atom is 0.00507 e. The van der Waals surface area contributed by atoms with E-state index in [0.29, 0.717) is 6.04 Å². The molecule has 3 nitrogen and oxygen atoms in total. The third kappa shape index (κ3) is 7.78. The lowest BCUT2D eigenvalue weighted by molar-refractivity contribution is 0.506. The van der Waals surface area contributed by atoms with Crippen molar-refractivity contribution in [3.8, 4) is 0 Å². The summed E-state index contributed by atoms with van der Waals surface area (Å²) in [6.45, 7) is 4.80. The Hall–Kier alpha value is -0.120. The van der Waals surface area contributed by atoms with Crippen molar-refractivity contribution in [2.24, 2.45) is 11.5 Å². The Balaban J connectivity index is 2.97. The molecule has 0 aliphatic rings. The molecule has 0 radical (unpaired) electrons. The van der Waals surface area contributed by atoms with Crippen molar-refractivity contribution in [3.05, 3.63) is 0 Å². The van der Waals surface area contributed by atoms with Crippen LogP contribution in [0.5, 0.6) is 0 Å². The highest BCUT2D eigenvalue weighted by atomic mass is 14.9. The third-order valence-corrected chi connectivity index (χ3v) is 1.72. The highest BCUT2D eigenvalue weighted by molar-refractivity contribution is 4.60. The second-order valence-corrected chi connectivity index (χ2v) is 2.93. The Labute approximate surface area is 69.5 Å². The van der Waals surface area contributed by atoms with Crippen molar-refractivity contribution in [1.82, 2.24) is 5.32 Å². The number of unbranched alkanes of at least 4 members (excludes halogenated alkanes) is 1. The van der Waals surface area contributed by atoms with Crippen LogP contribution in [0.3, 0.4) is 0 Å². The number of hydrogen-bond donors (Lipinski definition) is 3. The van der Waals surface area contributed by atoms with E-state index in [1.165, 1.54) is 6.42 Å². The van der Waals surface area contributed by atoms with Gasteiger partial charge >= 0.3 is 0 Å². The van der Waals surface area contributed by atoms with Gasteiger partial charge in [-0.3, -0.25) is 0 Å². The summed E-state index contributed by atoms with van der Waals surface area (Å²) in [5.74, 6) is 0. The van der Waals surface area contributed by atoms with E-state index in [2.05, 4.69) is 12.2 Å². The van der Waals surface area contributed by atoms with Crippen LogP contribution < -0.4 is 16.8 Å². The summed E-state index contributed by atoms with van der Waals surface area (Å²) in [4.78, 5) is 0. The molecule has 0 rings (SSSR count). The van der Waals surface area contributed by atoms with Crippen LogP contribution in [0, 0.1) is 0 Å². The molecule has 0 saturated heterocycles. The quantitative estimate of drug-likeness (QED) is 0.460. The van der Waals surface area contributed by atoms with Crippen molar-refractivity contribution in [3.63, 3.8) is 0 Å². The number of nitrogens with one attached hydrogen (secondary N) is 1. The number of rotatable bonds is 7. The highest BCUT2D eigenvalue weighted by Crippen LogP contribution is 1.89. The molecule has 68 valence electrons. The van der Waals surface area contributed by atoms with Gasteiger partial charge < -0.3 is 16.8 Å².